The van der Waals surface area contributed by atoms with Crippen LogP contribution in [0.4, 0.5) is 0 Å². The lowest BCUT2D eigenvalue weighted by atomic mass is 10.2. The first-order valence-electron chi connectivity index (χ1n) is 7.84. The highest BCUT2D eigenvalue weighted by Gasteiger charge is 2.10. The van der Waals surface area contributed by atoms with Gasteiger partial charge >= 0.3 is 0 Å². The molecule has 0 amide bonds. The number of benzene rings is 2. The van der Waals surface area contributed by atoms with Gasteiger partial charge in [-0.1, -0.05) is 0 Å². The largest absolute Gasteiger partial charge is 0.504 e. The molecule has 0 radical (unpaired) electrons. The average molecular weight is 341 g/mol. The summed E-state index contributed by atoms with van der Waals surface area (Å²) in [6.07, 6.45) is 0. The van der Waals surface area contributed by atoms with Crippen molar-refractivity contribution in [2.75, 3.05) is 13.7 Å². The number of H-pyrrole nitrogens is 1. The van der Waals surface area contributed by atoms with Gasteiger partial charge in [-0.05, 0) is 49.4 Å². The predicted molar refractivity (Wildman–Crippen MR) is 92.0 cm³/mol. The third-order valence-electron chi connectivity index (χ3n) is 3.48. The molecule has 0 bridgehead atoms. The van der Waals surface area contributed by atoms with Crippen LogP contribution in [0.2, 0.25) is 0 Å². The summed E-state index contributed by atoms with van der Waals surface area (Å²) in [5.41, 5.74) is 0.744. The molecule has 3 rings (SSSR count). The number of aromatic nitrogens is 3. The van der Waals surface area contributed by atoms with Gasteiger partial charge in [-0.3, -0.25) is 5.10 Å². The van der Waals surface area contributed by atoms with Crippen LogP contribution in [0.3, 0.4) is 0 Å². The van der Waals surface area contributed by atoms with Gasteiger partial charge in [0.05, 0.1) is 13.7 Å². The zero-order valence-electron chi connectivity index (χ0n) is 14.0. The van der Waals surface area contributed by atoms with Crippen molar-refractivity contribution in [1.82, 2.24) is 15.2 Å². The van der Waals surface area contributed by atoms with Crippen LogP contribution in [0.15, 0.2) is 42.5 Å². The molecule has 0 unspecified atom stereocenters. The van der Waals surface area contributed by atoms with Crippen molar-refractivity contribution in [2.24, 2.45) is 0 Å². The second-order valence-electron chi connectivity index (χ2n) is 5.19. The minimum Gasteiger partial charge on any atom is -0.504 e. The molecule has 0 fully saturated rings. The molecule has 2 N–H and O–H groups in total. The summed E-state index contributed by atoms with van der Waals surface area (Å²) in [6.45, 7) is 2.58. The van der Waals surface area contributed by atoms with E-state index in [0.29, 0.717) is 29.8 Å². The van der Waals surface area contributed by atoms with Gasteiger partial charge in [-0.25, -0.2) is 4.98 Å². The fourth-order valence-corrected chi connectivity index (χ4v) is 2.24. The van der Waals surface area contributed by atoms with Crippen molar-refractivity contribution in [2.45, 2.75) is 13.5 Å². The Labute approximate surface area is 145 Å². The van der Waals surface area contributed by atoms with Crippen LogP contribution in [0.25, 0.3) is 11.4 Å². The highest BCUT2D eigenvalue weighted by atomic mass is 16.5. The molecule has 7 nitrogen and oxygen atoms in total. The van der Waals surface area contributed by atoms with Gasteiger partial charge in [0.25, 0.3) is 0 Å². The fraction of sp³-hybridized carbons (Fsp3) is 0.222. The van der Waals surface area contributed by atoms with Crippen LogP contribution in [-0.2, 0) is 6.61 Å². The molecule has 25 heavy (non-hydrogen) atoms. The molecule has 1 aromatic heterocycles. The minimum absolute atomic E-state index is 0.0872. The molecule has 3 aromatic rings. The first kappa shape index (κ1) is 16.6. The maximum absolute atomic E-state index is 9.76. The van der Waals surface area contributed by atoms with Gasteiger partial charge in [-0.15, -0.1) is 0 Å². The van der Waals surface area contributed by atoms with E-state index in [2.05, 4.69) is 15.2 Å². The number of nitrogens with zero attached hydrogens (tertiary/aromatic N) is 2. The summed E-state index contributed by atoms with van der Waals surface area (Å²) in [5, 5.41) is 16.8. The van der Waals surface area contributed by atoms with Gasteiger partial charge in [0.1, 0.15) is 18.1 Å². The number of methoxy groups -OCH3 is 1. The number of aromatic amines is 1. The summed E-state index contributed by atoms with van der Waals surface area (Å²) in [7, 11) is 1.62. The summed E-state index contributed by atoms with van der Waals surface area (Å²) >= 11 is 0. The minimum atomic E-state index is 0.0872. The number of nitrogens with one attached hydrogen (secondary N) is 1. The van der Waals surface area contributed by atoms with E-state index in [1.165, 1.54) is 0 Å². The summed E-state index contributed by atoms with van der Waals surface area (Å²) in [4.78, 5) is 4.41. The van der Waals surface area contributed by atoms with Crippen molar-refractivity contribution < 1.29 is 19.3 Å². The number of hydrogen-bond donors (Lipinski definition) is 2. The number of aromatic hydroxyl groups is 1. The Hall–Kier alpha value is -3.22. The fourth-order valence-electron chi connectivity index (χ4n) is 2.24. The predicted octanol–water partition coefficient (Wildman–Crippen LogP) is 3.16. The number of phenols is 1. The van der Waals surface area contributed by atoms with Gasteiger partial charge in [0.2, 0.25) is 0 Å². The highest BCUT2D eigenvalue weighted by Crippen LogP contribution is 2.30. The first-order chi connectivity index (χ1) is 12.2. The Kier molecular flexibility index (Phi) is 5.03. The Bertz CT molecular complexity index is 831. The average Bonchev–Trinajstić information content (AvgIpc) is 3.11. The van der Waals surface area contributed by atoms with Gasteiger partial charge in [0, 0.05) is 5.56 Å². The maximum atomic E-state index is 9.76. The lowest BCUT2D eigenvalue weighted by Gasteiger charge is -2.06. The van der Waals surface area contributed by atoms with E-state index < -0.39 is 0 Å². The number of hydrogen-bond acceptors (Lipinski definition) is 6. The van der Waals surface area contributed by atoms with Crippen LogP contribution in [0, 0.1) is 0 Å². The maximum Gasteiger partial charge on any atom is 0.181 e. The standard InChI is InChI=1S/C18H19N3O4/c1-3-24-16-10-12(4-9-15(16)22)18-19-17(20-21-18)11-25-14-7-5-13(23-2)6-8-14/h4-10,22H,3,11H2,1-2H3,(H,19,20,21). The Morgan fingerprint density at radius 1 is 1.04 bits per heavy atom. The third-order valence-corrected chi connectivity index (χ3v) is 3.48. The number of ether oxygens (including phenoxy) is 3. The molecular weight excluding hydrogens is 322 g/mol. The summed E-state index contributed by atoms with van der Waals surface area (Å²) in [5.74, 6) is 3.07. The molecule has 0 saturated carbocycles. The van der Waals surface area contributed by atoms with E-state index >= 15 is 0 Å². The van der Waals surface area contributed by atoms with Crippen LogP contribution in [-0.4, -0.2) is 34.0 Å². The molecule has 0 atom stereocenters. The molecule has 1 heterocycles. The summed E-state index contributed by atoms with van der Waals surface area (Å²) < 4.78 is 16.2. The lowest BCUT2D eigenvalue weighted by molar-refractivity contribution is 0.296. The SMILES string of the molecule is CCOc1cc(-c2n[nH]c(COc3ccc(OC)cc3)n2)ccc1O. The third kappa shape index (κ3) is 4.00. The molecular formula is C18H19N3O4. The first-order valence-corrected chi connectivity index (χ1v) is 7.84. The zero-order chi connectivity index (χ0) is 17.6. The van der Waals surface area contributed by atoms with E-state index in [4.69, 9.17) is 14.2 Å². The van der Waals surface area contributed by atoms with Crippen LogP contribution < -0.4 is 14.2 Å². The second kappa shape index (κ2) is 7.57. The van der Waals surface area contributed by atoms with E-state index in [1.807, 2.05) is 31.2 Å². The molecule has 130 valence electrons. The molecule has 7 heteroatoms. The molecule has 2 aromatic carbocycles. The van der Waals surface area contributed by atoms with Gasteiger partial charge < -0.3 is 19.3 Å². The van der Waals surface area contributed by atoms with E-state index in [1.54, 1.807) is 25.3 Å². The van der Waals surface area contributed by atoms with Gasteiger partial charge in [-0.2, -0.15) is 5.10 Å². The molecule has 0 aliphatic rings. The second-order valence-corrected chi connectivity index (χ2v) is 5.19. The normalized spacial score (nSPS) is 10.5. The molecule has 0 aliphatic carbocycles. The van der Waals surface area contributed by atoms with E-state index in [9.17, 15) is 5.11 Å². The zero-order valence-corrected chi connectivity index (χ0v) is 14.0. The van der Waals surface area contributed by atoms with Crippen molar-refractivity contribution in [3.63, 3.8) is 0 Å². The Morgan fingerprint density at radius 3 is 2.52 bits per heavy atom. The van der Waals surface area contributed by atoms with E-state index in [-0.39, 0.29) is 12.4 Å². The number of phenolic OH excluding ortho intramolecular Hbond substituents is 1. The molecule has 0 aliphatic heterocycles. The van der Waals surface area contributed by atoms with Crippen molar-refractivity contribution in [3.05, 3.63) is 48.3 Å². The molecule has 0 spiro atoms. The topological polar surface area (TPSA) is 89.5 Å². The Balaban J connectivity index is 1.68. The van der Waals surface area contributed by atoms with Crippen molar-refractivity contribution >= 4 is 0 Å². The summed E-state index contributed by atoms with van der Waals surface area (Å²) in [6, 6.07) is 12.3. The van der Waals surface area contributed by atoms with E-state index in [0.717, 1.165) is 11.3 Å². The van der Waals surface area contributed by atoms with Crippen LogP contribution in [0.5, 0.6) is 23.0 Å². The van der Waals surface area contributed by atoms with Crippen LogP contribution in [0.1, 0.15) is 12.7 Å². The quantitative estimate of drug-likeness (QED) is 0.686. The van der Waals surface area contributed by atoms with Gasteiger partial charge in [0.15, 0.2) is 23.1 Å². The smallest absolute Gasteiger partial charge is 0.181 e. The van der Waals surface area contributed by atoms with Crippen LogP contribution >= 0.6 is 0 Å². The van der Waals surface area contributed by atoms with Crippen molar-refractivity contribution in [3.8, 4) is 34.4 Å². The van der Waals surface area contributed by atoms with Crippen molar-refractivity contribution in [1.29, 1.82) is 0 Å². The highest BCUT2D eigenvalue weighted by molar-refractivity contribution is 5.60. The Morgan fingerprint density at radius 2 is 1.80 bits per heavy atom. The monoisotopic (exact) mass is 341 g/mol. The number of rotatable bonds is 7. The molecule has 0 saturated heterocycles. The lowest BCUT2D eigenvalue weighted by Crippen LogP contribution is -1.97.